The molecule has 6 aliphatic rings. The molecule has 0 bridgehead atoms. The van der Waals surface area contributed by atoms with Gasteiger partial charge in [-0.05, 0) is 49.7 Å². The number of fused-ring (bicyclic) bond motifs is 7. The molecule has 0 unspecified atom stereocenters. The van der Waals surface area contributed by atoms with Crippen molar-refractivity contribution in [2.24, 2.45) is 28.6 Å². The minimum Gasteiger partial charge on any atom is -0.350 e. The molecule has 0 radical (unpaired) electrons. The second-order valence-electron chi connectivity index (χ2n) is 10.2. The molecule has 0 aromatic rings. The zero-order valence-electron chi connectivity index (χ0n) is 17.1. The van der Waals surface area contributed by atoms with Gasteiger partial charge in [-0.2, -0.15) is 0 Å². The lowest BCUT2D eigenvalue weighted by Crippen LogP contribution is -2.65. The van der Waals surface area contributed by atoms with Crippen molar-refractivity contribution in [2.75, 3.05) is 20.2 Å². The van der Waals surface area contributed by atoms with Crippen LogP contribution < -0.4 is 0 Å². The van der Waals surface area contributed by atoms with E-state index >= 15 is 0 Å². The third-order valence-electron chi connectivity index (χ3n) is 9.26. The van der Waals surface area contributed by atoms with E-state index in [-0.39, 0.29) is 47.8 Å². The highest BCUT2D eigenvalue weighted by atomic mass is 16.9. The zero-order valence-corrected chi connectivity index (χ0v) is 17.1. The van der Waals surface area contributed by atoms with E-state index in [4.69, 9.17) is 18.9 Å². The molecule has 2 aliphatic heterocycles. The lowest BCUT2D eigenvalue weighted by Gasteiger charge is -2.58. The van der Waals surface area contributed by atoms with Crippen molar-refractivity contribution in [1.82, 2.24) is 0 Å². The highest BCUT2D eigenvalue weighted by Gasteiger charge is 2.76. The maximum absolute atomic E-state index is 13.7. The van der Waals surface area contributed by atoms with Crippen molar-refractivity contribution in [1.29, 1.82) is 0 Å². The van der Waals surface area contributed by atoms with Crippen molar-refractivity contribution in [2.45, 2.75) is 57.3 Å². The highest BCUT2D eigenvalue weighted by Crippen LogP contribution is 2.70. The molecule has 3 saturated carbocycles. The second kappa shape index (κ2) is 5.67. The van der Waals surface area contributed by atoms with Gasteiger partial charge in [-0.25, -0.2) is 0 Å². The fraction of sp³-hybridized carbons (Fsp3) is 0.739. The summed E-state index contributed by atoms with van der Waals surface area (Å²) in [6, 6.07) is 0. The van der Waals surface area contributed by atoms with Gasteiger partial charge < -0.3 is 18.9 Å². The Morgan fingerprint density at radius 2 is 1.90 bits per heavy atom. The predicted octanol–water partition coefficient (Wildman–Crippen LogP) is 2.92. The van der Waals surface area contributed by atoms with Crippen molar-refractivity contribution >= 4 is 11.6 Å². The maximum atomic E-state index is 13.7. The molecule has 6 heteroatoms. The predicted molar refractivity (Wildman–Crippen MR) is 101 cm³/mol. The van der Waals surface area contributed by atoms with Gasteiger partial charge in [-0.3, -0.25) is 9.59 Å². The van der Waals surface area contributed by atoms with Gasteiger partial charge in [0.15, 0.2) is 19.4 Å². The molecule has 0 aromatic heterocycles. The molecule has 2 spiro atoms. The van der Waals surface area contributed by atoms with E-state index in [0.29, 0.717) is 18.9 Å². The summed E-state index contributed by atoms with van der Waals surface area (Å²) in [5.41, 5.74) is -0.207. The number of carbonyl (C=O) groups is 2. The Hall–Kier alpha value is -1.34. The van der Waals surface area contributed by atoms with Crippen LogP contribution in [-0.4, -0.2) is 43.1 Å². The normalized spacial score (nSPS) is 53.3. The van der Waals surface area contributed by atoms with E-state index in [2.05, 4.69) is 13.8 Å². The van der Waals surface area contributed by atoms with Crippen LogP contribution in [0.1, 0.15) is 46.0 Å². The molecule has 29 heavy (non-hydrogen) atoms. The first-order chi connectivity index (χ1) is 13.9. The van der Waals surface area contributed by atoms with E-state index in [0.717, 1.165) is 31.3 Å². The van der Waals surface area contributed by atoms with Crippen LogP contribution in [0.25, 0.3) is 0 Å². The van der Waals surface area contributed by atoms with Gasteiger partial charge in [-0.15, -0.1) is 0 Å². The first-order valence-corrected chi connectivity index (χ1v) is 10.8. The molecule has 6 nitrogen and oxygen atoms in total. The van der Waals surface area contributed by atoms with E-state index in [1.54, 1.807) is 12.2 Å². The average Bonchev–Trinajstić information content (AvgIpc) is 3.37. The fourth-order valence-corrected chi connectivity index (χ4v) is 8.00. The molecule has 7 atom stereocenters. The summed E-state index contributed by atoms with van der Waals surface area (Å²) >= 11 is 0. The quantitative estimate of drug-likeness (QED) is 0.623. The summed E-state index contributed by atoms with van der Waals surface area (Å²) in [5.74, 6) is -0.00208. The van der Waals surface area contributed by atoms with E-state index in [1.807, 2.05) is 6.08 Å². The van der Waals surface area contributed by atoms with E-state index < -0.39 is 11.4 Å². The minimum atomic E-state index is -0.898. The summed E-state index contributed by atoms with van der Waals surface area (Å²) in [7, 11) is 0. The molecule has 4 aliphatic carbocycles. The van der Waals surface area contributed by atoms with Crippen LogP contribution in [0.15, 0.2) is 23.8 Å². The Morgan fingerprint density at radius 3 is 2.69 bits per heavy atom. The number of hydrogen-bond donors (Lipinski definition) is 0. The third-order valence-corrected chi connectivity index (χ3v) is 9.26. The fourth-order valence-electron chi connectivity index (χ4n) is 8.00. The molecule has 6 rings (SSSR count). The zero-order chi connectivity index (χ0) is 20.1. The topological polar surface area (TPSA) is 71.1 Å². The van der Waals surface area contributed by atoms with Crippen molar-refractivity contribution in [3.63, 3.8) is 0 Å². The van der Waals surface area contributed by atoms with Gasteiger partial charge in [0, 0.05) is 23.2 Å². The van der Waals surface area contributed by atoms with Gasteiger partial charge in [0.25, 0.3) is 0 Å². The van der Waals surface area contributed by atoms with Crippen LogP contribution in [0.4, 0.5) is 0 Å². The van der Waals surface area contributed by atoms with E-state index in [9.17, 15) is 9.59 Å². The molecule has 0 N–H and O–H groups in total. The Morgan fingerprint density at radius 1 is 1.07 bits per heavy atom. The summed E-state index contributed by atoms with van der Waals surface area (Å²) in [4.78, 5) is 25.7. The average molecular weight is 400 g/mol. The molecular weight excluding hydrogens is 372 g/mol. The number of allylic oxidation sites excluding steroid dienone is 4. The molecule has 5 fully saturated rings. The maximum Gasteiger partial charge on any atom is 0.226 e. The van der Waals surface area contributed by atoms with Crippen LogP contribution in [0, 0.1) is 28.6 Å². The smallest absolute Gasteiger partial charge is 0.226 e. The lowest BCUT2D eigenvalue weighted by atomic mass is 9.46. The summed E-state index contributed by atoms with van der Waals surface area (Å²) in [6.07, 6.45) is 9.51. The van der Waals surface area contributed by atoms with Crippen LogP contribution in [0.3, 0.4) is 0 Å². The Labute approximate surface area is 170 Å². The summed E-state index contributed by atoms with van der Waals surface area (Å²) < 4.78 is 23.9. The second-order valence-corrected chi connectivity index (χ2v) is 10.2. The number of carbonyl (C=O) groups excluding carboxylic acids is 2. The van der Waals surface area contributed by atoms with Gasteiger partial charge in [-0.1, -0.05) is 25.5 Å². The first-order valence-electron chi connectivity index (χ1n) is 10.8. The largest absolute Gasteiger partial charge is 0.350 e. The van der Waals surface area contributed by atoms with Gasteiger partial charge >= 0.3 is 0 Å². The summed E-state index contributed by atoms with van der Waals surface area (Å²) in [5, 5.41) is 0. The number of ether oxygens (including phenoxy) is 4. The molecule has 0 amide bonds. The van der Waals surface area contributed by atoms with Crippen LogP contribution in [0.5, 0.6) is 0 Å². The summed E-state index contributed by atoms with van der Waals surface area (Å²) in [6.45, 7) is 5.10. The molecule has 2 saturated heterocycles. The number of rotatable bonds is 0. The molecular formula is C23H28O6. The van der Waals surface area contributed by atoms with Crippen molar-refractivity contribution in [3.05, 3.63) is 23.8 Å². The van der Waals surface area contributed by atoms with Crippen molar-refractivity contribution < 1.29 is 28.5 Å². The Bertz CT molecular complexity index is 848. The molecule has 0 aromatic carbocycles. The Kier molecular flexibility index (Phi) is 3.60. The number of hydrogen-bond acceptors (Lipinski definition) is 6. The lowest BCUT2D eigenvalue weighted by molar-refractivity contribution is -0.245. The SMILES string of the molecule is C[C@]12C=CC(=O)C=C1CC[C@@H]1[C@@H]2C(=O)C[C@@]2(C)[C@H]1CC[C@@]21OCO[C@@]12COCO2. The Balaban J connectivity index is 1.42. The number of Topliss-reactive ketones (excluding diaryl/α,β-unsaturated/α-hetero) is 1. The van der Waals surface area contributed by atoms with Gasteiger partial charge in [0.1, 0.15) is 18.0 Å². The van der Waals surface area contributed by atoms with Crippen molar-refractivity contribution in [3.8, 4) is 0 Å². The third kappa shape index (κ3) is 2.02. The van der Waals surface area contributed by atoms with Crippen LogP contribution in [-0.2, 0) is 28.5 Å². The highest BCUT2D eigenvalue weighted by molar-refractivity contribution is 6.01. The standard InChI is InChI=1S/C23H28O6/c1-20-7-5-15(24)9-14(20)3-4-16-17-6-8-22(21(17,2)10-18(25)19(16)20)23(29-13-27-22)11-26-12-28-23/h5,7,9,16-17,19H,3-4,6,8,10-13H2,1-2H3/t16-,17-,19+,20-,21-,22+,23-/m0/s1. The van der Waals surface area contributed by atoms with Gasteiger partial charge in [0.2, 0.25) is 5.79 Å². The van der Waals surface area contributed by atoms with E-state index in [1.165, 1.54) is 0 Å². The molecule has 2 heterocycles. The number of ketones is 2. The molecule has 156 valence electrons. The monoisotopic (exact) mass is 400 g/mol. The first kappa shape index (κ1) is 18.4. The van der Waals surface area contributed by atoms with Crippen LogP contribution in [0.2, 0.25) is 0 Å². The minimum absolute atomic E-state index is 0.0423. The van der Waals surface area contributed by atoms with Gasteiger partial charge in [0.05, 0.1) is 0 Å². The van der Waals surface area contributed by atoms with Crippen LogP contribution >= 0.6 is 0 Å².